The number of carbonyl (C=O) groups is 1. The maximum atomic E-state index is 13.0. The SMILES string of the molecule is Bc1ccc(C(c2ccccc2)C(C)(C)C(=O)Nc2nncs2)s1. The van der Waals surface area contributed by atoms with Crippen LogP contribution >= 0.6 is 22.7 Å². The van der Waals surface area contributed by atoms with Crippen molar-refractivity contribution in [1.82, 2.24) is 10.2 Å². The molecule has 0 saturated heterocycles. The number of nitrogens with zero attached hydrogens (tertiary/aromatic N) is 2. The molecule has 1 unspecified atom stereocenters. The minimum atomic E-state index is -0.635. The molecule has 2 aromatic heterocycles. The first kappa shape index (κ1) is 16.9. The predicted octanol–water partition coefficient (Wildman–Crippen LogP) is 2.65. The molecule has 1 aromatic carbocycles. The van der Waals surface area contributed by atoms with E-state index in [1.165, 1.54) is 21.0 Å². The number of anilines is 1. The Kier molecular flexibility index (Phi) is 4.82. The molecule has 0 aliphatic rings. The van der Waals surface area contributed by atoms with Gasteiger partial charge >= 0.3 is 0 Å². The van der Waals surface area contributed by atoms with Crippen molar-refractivity contribution in [3.05, 3.63) is 58.4 Å². The maximum absolute atomic E-state index is 13.0. The molecular formula is C17H18BN3OS2. The highest BCUT2D eigenvalue weighted by molar-refractivity contribution is 7.20. The number of benzene rings is 1. The van der Waals surface area contributed by atoms with Gasteiger partial charge in [-0.2, -0.15) is 11.3 Å². The zero-order valence-corrected chi connectivity index (χ0v) is 15.4. The zero-order valence-electron chi connectivity index (χ0n) is 13.8. The third-order valence-electron chi connectivity index (χ3n) is 4.07. The summed E-state index contributed by atoms with van der Waals surface area (Å²) in [7, 11) is 2.09. The molecule has 1 atom stereocenters. The summed E-state index contributed by atoms with van der Waals surface area (Å²) in [6.07, 6.45) is 0. The van der Waals surface area contributed by atoms with Crippen LogP contribution in [0.1, 0.15) is 30.2 Å². The van der Waals surface area contributed by atoms with Crippen LogP contribution in [0.5, 0.6) is 0 Å². The topological polar surface area (TPSA) is 54.9 Å². The minimum Gasteiger partial charge on any atom is -0.300 e. The zero-order chi connectivity index (χ0) is 17.2. The molecule has 0 bridgehead atoms. The molecular weight excluding hydrogens is 337 g/mol. The van der Waals surface area contributed by atoms with Crippen molar-refractivity contribution in [2.75, 3.05) is 5.32 Å². The fraction of sp³-hybridized carbons (Fsp3) is 0.235. The molecule has 0 fully saturated rings. The Hall–Kier alpha value is -1.99. The number of rotatable bonds is 5. The molecule has 1 N–H and O–H groups in total. The molecule has 122 valence electrons. The molecule has 3 aromatic rings. The summed E-state index contributed by atoms with van der Waals surface area (Å²) in [5.74, 6) is -0.0792. The number of carbonyl (C=O) groups excluding carboxylic acids is 1. The summed E-state index contributed by atoms with van der Waals surface area (Å²) in [6.45, 7) is 3.96. The Bertz CT molecular complexity index is 816. The van der Waals surface area contributed by atoms with E-state index < -0.39 is 5.41 Å². The third-order valence-corrected chi connectivity index (χ3v) is 5.74. The third kappa shape index (κ3) is 3.42. The van der Waals surface area contributed by atoms with E-state index in [0.717, 1.165) is 5.56 Å². The van der Waals surface area contributed by atoms with Crippen LogP contribution < -0.4 is 10.1 Å². The second-order valence-electron chi connectivity index (χ2n) is 6.21. The Balaban J connectivity index is 1.99. The number of aromatic nitrogens is 2. The smallest absolute Gasteiger partial charge is 0.232 e. The van der Waals surface area contributed by atoms with Crippen molar-refractivity contribution in [1.29, 1.82) is 0 Å². The van der Waals surface area contributed by atoms with E-state index in [2.05, 4.69) is 47.6 Å². The van der Waals surface area contributed by atoms with Crippen LogP contribution in [0.3, 0.4) is 0 Å². The van der Waals surface area contributed by atoms with Gasteiger partial charge in [0.15, 0.2) is 7.85 Å². The van der Waals surface area contributed by atoms with Crippen molar-refractivity contribution in [3.8, 4) is 0 Å². The largest absolute Gasteiger partial charge is 0.300 e. The van der Waals surface area contributed by atoms with Crippen molar-refractivity contribution in [2.24, 2.45) is 5.41 Å². The highest BCUT2D eigenvalue weighted by Crippen LogP contribution is 2.43. The van der Waals surface area contributed by atoms with Crippen molar-refractivity contribution in [2.45, 2.75) is 19.8 Å². The summed E-state index contributed by atoms with van der Waals surface area (Å²) >= 11 is 3.06. The molecule has 7 heteroatoms. The van der Waals surface area contributed by atoms with Crippen molar-refractivity contribution < 1.29 is 4.79 Å². The number of hydrogen-bond acceptors (Lipinski definition) is 5. The predicted molar refractivity (Wildman–Crippen MR) is 103 cm³/mol. The van der Waals surface area contributed by atoms with Crippen molar-refractivity contribution >= 4 is 46.3 Å². The lowest BCUT2D eigenvalue weighted by Gasteiger charge is -2.32. The molecule has 0 spiro atoms. The van der Waals surface area contributed by atoms with Gasteiger partial charge in [0.1, 0.15) is 5.51 Å². The van der Waals surface area contributed by atoms with Gasteiger partial charge in [-0.25, -0.2) is 0 Å². The lowest BCUT2D eigenvalue weighted by molar-refractivity contribution is -0.124. The first-order valence-electron chi connectivity index (χ1n) is 7.67. The molecule has 3 rings (SSSR count). The molecule has 0 saturated carbocycles. The van der Waals surface area contributed by atoms with E-state index in [1.54, 1.807) is 16.8 Å². The number of thiophene rings is 1. The van der Waals surface area contributed by atoms with Crippen molar-refractivity contribution in [3.63, 3.8) is 0 Å². The molecule has 2 heterocycles. The number of amides is 1. The summed E-state index contributed by atoms with van der Waals surface area (Å²) in [5.41, 5.74) is 2.11. The van der Waals surface area contributed by atoms with Crippen LogP contribution in [-0.4, -0.2) is 24.0 Å². The number of nitrogens with one attached hydrogen (secondary N) is 1. The minimum absolute atomic E-state index is 0.0229. The van der Waals surface area contributed by atoms with Crippen LogP contribution in [0.4, 0.5) is 5.13 Å². The van der Waals surface area contributed by atoms with E-state index in [-0.39, 0.29) is 11.8 Å². The van der Waals surface area contributed by atoms with Crippen LogP contribution in [0.2, 0.25) is 0 Å². The summed E-state index contributed by atoms with van der Waals surface area (Å²) in [5, 5.41) is 11.1. The molecule has 0 radical (unpaired) electrons. The van der Waals surface area contributed by atoms with Gasteiger partial charge in [-0.1, -0.05) is 61.6 Å². The van der Waals surface area contributed by atoms with Gasteiger partial charge in [-0.15, -0.1) is 10.2 Å². The monoisotopic (exact) mass is 355 g/mol. The summed E-state index contributed by atoms with van der Waals surface area (Å²) in [6, 6.07) is 14.4. The van der Waals surface area contributed by atoms with Gasteiger partial charge in [-0.05, 0) is 16.4 Å². The fourth-order valence-electron chi connectivity index (χ4n) is 2.81. The van der Waals surface area contributed by atoms with E-state index >= 15 is 0 Å². The quantitative estimate of drug-likeness (QED) is 0.716. The van der Waals surface area contributed by atoms with Gasteiger partial charge in [0.25, 0.3) is 0 Å². The Morgan fingerprint density at radius 3 is 2.54 bits per heavy atom. The second kappa shape index (κ2) is 6.87. The molecule has 24 heavy (non-hydrogen) atoms. The Morgan fingerprint density at radius 1 is 1.21 bits per heavy atom. The lowest BCUT2D eigenvalue weighted by atomic mass is 9.73. The van der Waals surface area contributed by atoms with Gasteiger partial charge < -0.3 is 5.32 Å². The van der Waals surface area contributed by atoms with E-state index in [0.29, 0.717) is 5.13 Å². The van der Waals surface area contributed by atoms with Crippen LogP contribution in [0.15, 0.2) is 48.0 Å². The van der Waals surface area contributed by atoms with E-state index in [9.17, 15) is 4.79 Å². The van der Waals surface area contributed by atoms with Gasteiger partial charge in [0.2, 0.25) is 11.0 Å². The van der Waals surface area contributed by atoms with Gasteiger partial charge in [0, 0.05) is 10.8 Å². The number of hydrogen-bond donors (Lipinski definition) is 1. The molecule has 0 aliphatic heterocycles. The lowest BCUT2D eigenvalue weighted by Crippen LogP contribution is -2.36. The molecule has 4 nitrogen and oxygen atoms in total. The standard InChI is InChI=1S/C17H18BN3OS2/c1-17(2,15(22)20-16-21-19-10-23-16)14(11-6-4-3-5-7-11)12-8-9-13(18)24-12/h3-10,14H,18H2,1-2H3,(H,20,21,22). The van der Waals surface area contributed by atoms with E-state index in [4.69, 9.17) is 0 Å². The first-order valence-corrected chi connectivity index (χ1v) is 9.37. The Labute approximate surface area is 150 Å². The van der Waals surface area contributed by atoms with Gasteiger partial charge in [-0.3, -0.25) is 4.79 Å². The second-order valence-corrected chi connectivity index (χ2v) is 8.36. The molecule has 1 amide bonds. The maximum Gasteiger partial charge on any atom is 0.232 e. The van der Waals surface area contributed by atoms with Crippen LogP contribution in [0, 0.1) is 5.41 Å². The molecule has 0 aliphatic carbocycles. The van der Waals surface area contributed by atoms with E-state index in [1.807, 2.05) is 32.0 Å². The summed E-state index contributed by atoms with van der Waals surface area (Å²) in [4.78, 5) is 14.2. The van der Waals surface area contributed by atoms with Crippen LogP contribution in [-0.2, 0) is 4.79 Å². The van der Waals surface area contributed by atoms with Gasteiger partial charge in [0.05, 0.1) is 5.41 Å². The highest BCUT2D eigenvalue weighted by Gasteiger charge is 2.39. The average Bonchev–Trinajstić information content (AvgIpc) is 3.20. The fourth-order valence-corrected chi connectivity index (χ4v) is 4.44. The average molecular weight is 355 g/mol. The summed E-state index contributed by atoms with van der Waals surface area (Å²) < 4.78 is 1.24. The Morgan fingerprint density at radius 2 is 1.96 bits per heavy atom. The highest BCUT2D eigenvalue weighted by atomic mass is 32.1. The van der Waals surface area contributed by atoms with Crippen LogP contribution in [0.25, 0.3) is 0 Å². The first-order chi connectivity index (χ1) is 11.5. The normalized spacial score (nSPS) is 12.8.